The number of epoxide rings is 1. The molecule has 0 aromatic heterocycles. The summed E-state index contributed by atoms with van der Waals surface area (Å²) in [7, 11) is 1.62. The zero-order valence-corrected chi connectivity index (χ0v) is 28.7. The smallest absolute Gasteiger partial charge is 0.455 e. The lowest BCUT2D eigenvalue weighted by molar-refractivity contribution is -0.0980. The Morgan fingerprint density at radius 1 is 0.620 bits per heavy atom. The largest absolute Gasteiger partial charge is 0.509 e. The summed E-state index contributed by atoms with van der Waals surface area (Å²) in [5, 5.41) is 0. The van der Waals surface area contributed by atoms with Gasteiger partial charge in [-0.15, -0.1) is 0 Å². The number of rotatable bonds is 6. The number of esters is 3. The second kappa shape index (κ2) is 19.1. The lowest BCUT2D eigenvalue weighted by Crippen LogP contribution is -2.40. The first kappa shape index (κ1) is 38.4. The number of ketones is 1. The van der Waals surface area contributed by atoms with Gasteiger partial charge in [0.2, 0.25) is 0 Å². The molecule has 0 radical (unpaired) electrons. The van der Waals surface area contributed by atoms with Gasteiger partial charge in [-0.2, -0.15) is 0 Å². The molecule has 0 amide bonds. The molecule has 0 bridgehead atoms. The molecule has 2 aromatic carbocycles. The van der Waals surface area contributed by atoms with E-state index in [0.29, 0.717) is 41.7 Å². The number of carbonyl (C=O) groups excluding carboxylic acids is 6. The summed E-state index contributed by atoms with van der Waals surface area (Å²) >= 11 is 0. The summed E-state index contributed by atoms with van der Waals surface area (Å²) in [4.78, 5) is 66.6. The van der Waals surface area contributed by atoms with E-state index in [2.05, 4.69) is 4.74 Å². The predicted octanol–water partition coefficient (Wildman–Crippen LogP) is 6.61. The third-order valence-electron chi connectivity index (χ3n) is 9.33. The Labute approximate surface area is 292 Å². The van der Waals surface area contributed by atoms with Crippen molar-refractivity contribution in [2.75, 3.05) is 7.11 Å². The summed E-state index contributed by atoms with van der Waals surface area (Å²) < 4.78 is 31.8. The minimum absolute atomic E-state index is 0.116. The van der Waals surface area contributed by atoms with E-state index in [9.17, 15) is 24.0 Å². The van der Waals surface area contributed by atoms with Crippen LogP contribution in [-0.4, -0.2) is 80.4 Å². The van der Waals surface area contributed by atoms with Crippen LogP contribution in [0.5, 0.6) is 0 Å². The molecule has 4 fully saturated rings. The summed E-state index contributed by atoms with van der Waals surface area (Å²) in [5.74, 6) is -1.89. The molecule has 50 heavy (non-hydrogen) atoms. The molecule has 7 rings (SSSR count). The minimum Gasteiger partial charge on any atom is -0.455 e. The van der Waals surface area contributed by atoms with Crippen LogP contribution in [0.4, 0.5) is 4.79 Å². The lowest BCUT2D eigenvalue weighted by Gasteiger charge is -2.33. The topological polar surface area (TPSA) is 161 Å². The third kappa shape index (κ3) is 10.5. The van der Waals surface area contributed by atoms with Crippen LogP contribution in [0.1, 0.15) is 125 Å². The van der Waals surface area contributed by atoms with Crippen LogP contribution >= 0.6 is 0 Å². The van der Waals surface area contributed by atoms with Crippen LogP contribution in [0.15, 0.2) is 48.5 Å². The van der Waals surface area contributed by atoms with Crippen molar-refractivity contribution in [2.24, 2.45) is 0 Å². The highest BCUT2D eigenvalue weighted by Gasteiger charge is 2.40. The Morgan fingerprint density at radius 3 is 1.52 bits per heavy atom. The normalized spacial score (nSPS) is 25.9. The minimum atomic E-state index is -0.749. The highest BCUT2D eigenvalue weighted by atomic mass is 16.7. The van der Waals surface area contributed by atoms with E-state index >= 15 is 0 Å². The molecule has 0 spiro atoms. The Kier molecular flexibility index (Phi) is 14.7. The van der Waals surface area contributed by atoms with E-state index in [1.54, 1.807) is 55.6 Å². The van der Waals surface area contributed by atoms with E-state index in [-0.39, 0.29) is 23.6 Å². The highest BCUT2D eigenvalue weighted by molar-refractivity contribution is 6.14. The van der Waals surface area contributed by atoms with E-state index in [1.807, 2.05) is 6.79 Å². The predicted molar refractivity (Wildman–Crippen MR) is 179 cm³/mol. The maximum absolute atomic E-state index is 12.7. The molecule has 6 atom stereocenters. The SMILES string of the molecule is C1CCC2OC2C1.C=O.COC1CCCCC1OC(=O)OC1CCCCC1OC(=O)c1ccccc1C(C)=O.O=C1OC(=O)c2ccccc21. The van der Waals surface area contributed by atoms with Crippen LogP contribution in [0.3, 0.4) is 0 Å². The molecule has 2 heterocycles. The number of fused-ring (bicyclic) bond motifs is 2. The molecule has 0 N–H and O–H groups in total. The zero-order chi connectivity index (χ0) is 36.0. The van der Waals surface area contributed by atoms with E-state index in [1.165, 1.54) is 32.6 Å². The summed E-state index contributed by atoms with van der Waals surface area (Å²) in [5.41, 5.74) is 1.26. The molecule has 1 saturated heterocycles. The van der Waals surface area contributed by atoms with E-state index < -0.39 is 36.3 Å². The molecule has 5 aliphatic rings. The van der Waals surface area contributed by atoms with Gasteiger partial charge in [0.1, 0.15) is 25.1 Å². The first-order valence-electron chi connectivity index (χ1n) is 17.3. The van der Waals surface area contributed by atoms with Crippen molar-refractivity contribution in [3.8, 4) is 0 Å². The lowest BCUT2D eigenvalue weighted by atomic mass is 9.94. The Balaban J connectivity index is 0.000000224. The maximum atomic E-state index is 12.7. The van der Waals surface area contributed by atoms with Gasteiger partial charge < -0.3 is 33.2 Å². The van der Waals surface area contributed by atoms with Crippen LogP contribution in [-0.2, 0) is 33.2 Å². The molecule has 12 heteroatoms. The fraction of sp³-hybridized carbons (Fsp3) is 0.526. The molecular weight excluding hydrogens is 648 g/mol. The van der Waals surface area contributed by atoms with Crippen LogP contribution < -0.4 is 0 Å². The van der Waals surface area contributed by atoms with Crippen LogP contribution in [0, 0.1) is 0 Å². The van der Waals surface area contributed by atoms with Crippen molar-refractivity contribution in [3.05, 3.63) is 70.8 Å². The van der Waals surface area contributed by atoms with Gasteiger partial charge in [-0.05, 0) is 82.9 Å². The number of hydrogen-bond donors (Lipinski definition) is 0. The molecule has 2 aliphatic heterocycles. The zero-order valence-electron chi connectivity index (χ0n) is 28.7. The van der Waals surface area contributed by atoms with Gasteiger partial charge in [0, 0.05) is 12.7 Å². The average molecular weight is 695 g/mol. The maximum Gasteiger partial charge on any atom is 0.509 e. The number of methoxy groups -OCH3 is 1. The number of carbonyl (C=O) groups is 6. The molecule has 3 saturated carbocycles. The molecule has 6 unspecified atom stereocenters. The standard InChI is InChI=1S/C23H30O7.C8H4O3.C6H10O.CH2O/c1-15(24)16-9-3-4-10-17(16)22(25)28-20-13-7-8-14-21(20)30-23(26)29-19-12-6-5-11-18(19)27-2;9-7-5-3-1-2-4-6(5)8(10)11-7;1-2-4-6-5(3-1)7-6;1-2/h3-4,9-10,18-21H,5-8,11-14H2,1-2H3;1-4H;5-6H,1-4H2;1H2. The number of cyclic esters (lactones) is 2. The van der Waals surface area contributed by atoms with Crippen molar-refractivity contribution in [2.45, 2.75) is 121 Å². The molecular formula is C38H46O12. The van der Waals surface area contributed by atoms with Crippen molar-refractivity contribution in [1.82, 2.24) is 0 Å². The van der Waals surface area contributed by atoms with Gasteiger partial charge in [0.25, 0.3) is 0 Å². The molecule has 12 nitrogen and oxygen atoms in total. The molecule has 270 valence electrons. The van der Waals surface area contributed by atoms with Gasteiger partial charge in [-0.25, -0.2) is 19.2 Å². The fourth-order valence-electron chi connectivity index (χ4n) is 6.66. The molecule has 2 aromatic rings. The summed E-state index contributed by atoms with van der Waals surface area (Å²) in [6.07, 6.45) is 11.1. The van der Waals surface area contributed by atoms with Gasteiger partial charge >= 0.3 is 24.1 Å². The van der Waals surface area contributed by atoms with Crippen molar-refractivity contribution in [1.29, 1.82) is 0 Å². The number of benzene rings is 2. The molecule has 3 aliphatic carbocycles. The monoisotopic (exact) mass is 694 g/mol. The highest BCUT2D eigenvalue weighted by Crippen LogP contribution is 2.36. The van der Waals surface area contributed by atoms with Crippen molar-refractivity contribution in [3.63, 3.8) is 0 Å². The van der Waals surface area contributed by atoms with E-state index in [4.69, 9.17) is 28.5 Å². The van der Waals surface area contributed by atoms with Gasteiger partial charge in [0.05, 0.1) is 35.0 Å². The van der Waals surface area contributed by atoms with Crippen molar-refractivity contribution >= 4 is 36.6 Å². The van der Waals surface area contributed by atoms with E-state index in [0.717, 1.165) is 38.5 Å². The average Bonchev–Trinajstić information content (AvgIpc) is 3.88. The fourth-order valence-corrected chi connectivity index (χ4v) is 6.66. The van der Waals surface area contributed by atoms with Crippen molar-refractivity contribution < 1.29 is 57.2 Å². The Bertz CT molecular complexity index is 1440. The van der Waals surface area contributed by atoms with Crippen LogP contribution in [0.2, 0.25) is 0 Å². The summed E-state index contributed by atoms with van der Waals surface area (Å²) in [6, 6.07) is 13.1. The first-order chi connectivity index (χ1) is 24.2. The number of Topliss-reactive ketones (excluding diaryl/α,β-unsaturated/α-hetero) is 1. The second-order valence-corrected chi connectivity index (χ2v) is 12.7. The van der Waals surface area contributed by atoms with Gasteiger partial charge in [-0.1, -0.05) is 49.6 Å². The number of hydrogen-bond acceptors (Lipinski definition) is 12. The first-order valence-corrected chi connectivity index (χ1v) is 17.3. The quantitative estimate of drug-likeness (QED) is 0.105. The number of ether oxygens (including phenoxy) is 6. The summed E-state index contributed by atoms with van der Waals surface area (Å²) in [6.45, 7) is 3.41. The Morgan fingerprint density at radius 2 is 1.04 bits per heavy atom. The Hall–Kier alpha value is -4.42. The van der Waals surface area contributed by atoms with Gasteiger partial charge in [-0.3, -0.25) is 4.79 Å². The van der Waals surface area contributed by atoms with Gasteiger partial charge in [0.15, 0.2) is 5.78 Å². The third-order valence-corrected chi connectivity index (χ3v) is 9.33. The second-order valence-electron chi connectivity index (χ2n) is 12.7. The van der Waals surface area contributed by atoms with Crippen LogP contribution in [0.25, 0.3) is 0 Å².